The molecule has 3 aromatic rings. The number of ether oxygens (including phenoxy) is 1. The summed E-state index contributed by atoms with van der Waals surface area (Å²) in [6.07, 6.45) is -1.85. The number of carbonyl (C=O) groups excluding carboxylic acids is 1. The topological polar surface area (TPSA) is 76.4 Å². The average molecular weight is 419 g/mol. The van der Waals surface area contributed by atoms with Gasteiger partial charge in [-0.15, -0.1) is 0 Å². The Morgan fingerprint density at radius 3 is 2.40 bits per heavy atom. The summed E-state index contributed by atoms with van der Waals surface area (Å²) >= 11 is 0. The predicted molar refractivity (Wildman–Crippen MR) is 104 cm³/mol. The maximum atomic E-state index is 12.5. The van der Waals surface area contributed by atoms with Crippen molar-refractivity contribution in [1.82, 2.24) is 15.1 Å². The summed E-state index contributed by atoms with van der Waals surface area (Å²) in [6, 6.07) is 11.0. The van der Waals surface area contributed by atoms with Gasteiger partial charge in [0.2, 0.25) is 0 Å². The van der Waals surface area contributed by atoms with Crippen LogP contribution in [0.1, 0.15) is 21.5 Å². The van der Waals surface area contributed by atoms with E-state index < -0.39 is 17.8 Å². The number of aliphatic hydroxyl groups excluding tert-OH is 1. The molecule has 0 radical (unpaired) electrons. The summed E-state index contributed by atoms with van der Waals surface area (Å²) in [4.78, 5) is 12.2. The number of aromatic nitrogens is 2. The maximum absolute atomic E-state index is 12.5. The van der Waals surface area contributed by atoms with Gasteiger partial charge in [-0.05, 0) is 61.0 Å². The Morgan fingerprint density at radius 1 is 1.17 bits per heavy atom. The molecule has 0 saturated carbocycles. The molecule has 30 heavy (non-hydrogen) atoms. The fraction of sp³-hybridized carbons (Fsp3) is 0.238. The molecule has 0 fully saturated rings. The molecule has 9 heteroatoms. The number of benzene rings is 2. The highest BCUT2D eigenvalue weighted by atomic mass is 19.4. The van der Waals surface area contributed by atoms with Crippen LogP contribution in [0.4, 0.5) is 13.2 Å². The minimum atomic E-state index is -4.42. The van der Waals surface area contributed by atoms with Crippen molar-refractivity contribution >= 4 is 5.91 Å². The SMILES string of the molecule is Cc1cnn(-c2ccc(C(=O)NCC(O)COc3ccc(C(F)(F)F)cc3)cc2)c1. The molecule has 3 rings (SSSR count). The Kier molecular flexibility index (Phi) is 6.41. The molecular weight excluding hydrogens is 399 g/mol. The molecule has 0 aliphatic rings. The van der Waals surface area contributed by atoms with E-state index in [9.17, 15) is 23.1 Å². The number of nitrogens with zero attached hydrogens (tertiary/aromatic N) is 2. The zero-order chi connectivity index (χ0) is 21.7. The Hall–Kier alpha value is -3.33. The third-order valence-electron chi connectivity index (χ3n) is 4.23. The van der Waals surface area contributed by atoms with Crippen molar-refractivity contribution in [2.45, 2.75) is 19.2 Å². The van der Waals surface area contributed by atoms with Crippen LogP contribution in [0.3, 0.4) is 0 Å². The van der Waals surface area contributed by atoms with Crippen LogP contribution >= 0.6 is 0 Å². The number of aryl methyl sites for hydroxylation is 1. The van der Waals surface area contributed by atoms with Crippen LogP contribution in [-0.4, -0.2) is 40.0 Å². The van der Waals surface area contributed by atoms with E-state index in [1.54, 1.807) is 35.1 Å². The van der Waals surface area contributed by atoms with Gasteiger partial charge in [-0.3, -0.25) is 4.79 Å². The molecule has 1 amide bonds. The molecule has 2 N–H and O–H groups in total. The van der Waals surface area contributed by atoms with Crippen molar-refractivity contribution in [1.29, 1.82) is 0 Å². The van der Waals surface area contributed by atoms with Crippen LogP contribution in [0.25, 0.3) is 5.69 Å². The van der Waals surface area contributed by atoms with E-state index in [0.717, 1.165) is 23.4 Å². The lowest BCUT2D eigenvalue weighted by atomic mass is 10.2. The highest BCUT2D eigenvalue weighted by Crippen LogP contribution is 2.30. The second-order valence-corrected chi connectivity index (χ2v) is 6.71. The van der Waals surface area contributed by atoms with E-state index in [4.69, 9.17) is 4.74 Å². The minimum Gasteiger partial charge on any atom is -0.491 e. The predicted octanol–water partition coefficient (Wildman–Crippen LogP) is 3.37. The van der Waals surface area contributed by atoms with E-state index in [0.29, 0.717) is 5.56 Å². The lowest BCUT2D eigenvalue weighted by Crippen LogP contribution is -2.35. The number of amides is 1. The first-order chi connectivity index (χ1) is 14.2. The fourth-order valence-electron chi connectivity index (χ4n) is 2.62. The number of aliphatic hydroxyl groups is 1. The molecule has 1 atom stereocenters. The molecular formula is C21H20F3N3O3. The van der Waals surface area contributed by atoms with Gasteiger partial charge >= 0.3 is 6.18 Å². The Morgan fingerprint density at radius 2 is 1.83 bits per heavy atom. The van der Waals surface area contributed by atoms with Crippen LogP contribution in [0.5, 0.6) is 5.75 Å². The van der Waals surface area contributed by atoms with E-state index >= 15 is 0 Å². The Balaban J connectivity index is 1.46. The van der Waals surface area contributed by atoms with Crippen LogP contribution in [0.2, 0.25) is 0 Å². The van der Waals surface area contributed by atoms with Gasteiger partial charge in [-0.1, -0.05) is 0 Å². The summed E-state index contributed by atoms with van der Waals surface area (Å²) < 4.78 is 44.6. The first kappa shape index (κ1) is 21.4. The number of nitrogens with one attached hydrogen (secondary N) is 1. The highest BCUT2D eigenvalue weighted by molar-refractivity contribution is 5.94. The number of halogens is 3. The van der Waals surface area contributed by atoms with Crippen LogP contribution in [0, 0.1) is 6.92 Å². The molecule has 0 spiro atoms. The molecule has 0 aliphatic heterocycles. The number of alkyl halides is 3. The molecule has 6 nitrogen and oxygen atoms in total. The van der Waals surface area contributed by atoms with Crippen LogP contribution in [-0.2, 0) is 6.18 Å². The van der Waals surface area contributed by atoms with Gasteiger partial charge in [0, 0.05) is 18.3 Å². The normalized spacial score (nSPS) is 12.4. The van der Waals surface area contributed by atoms with Gasteiger partial charge in [0.15, 0.2) is 0 Å². The van der Waals surface area contributed by atoms with Crippen LogP contribution < -0.4 is 10.1 Å². The van der Waals surface area contributed by atoms with Gasteiger partial charge < -0.3 is 15.2 Å². The molecule has 0 aliphatic carbocycles. The van der Waals surface area contributed by atoms with Crippen LogP contribution in [0.15, 0.2) is 60.9 Å². The first-order valence-electron chi connectivity index (χ1n) is 9.10. The zero-order valence-corrected chi connectivity index (χ0v) is 16.1. The van der Waals surface area contributed by atoms with Gasteiger partial charge in [0.05, 0.1) is 17.4 Å². The van der Waals surface area contributed by atoms with E-state index in [1.807, 2.05) is 13.1 Å². The zero-order valence-electron chi connectivity index (χ0n) is 16.1. The van der Waals surface area contributed by atoms with E-state index in [1.165, 1.54) is 12.1 Å². The summed E-state index contributed by atoms with van der Waals surface area (Å²) in [5, 5.41) is 16.7. The summed E-state index contributed by atoms with van der Waals surface area (Å²) in [5.41, 5.74) is 1.46. The summed E-state index contributed by atoms with van der Waals surface area (Å²) in [6.45, 7) is 1.68. The lowest BCUT2D eigenvalue weighted by Gasteiger charge is -2.14. The smallest absolute Gasteiger partial charge is 0.416 e. The van der Waals surface area contributed by atoms with Crippen molar-refractivity contribution in [3.8, 4) is 11.4 Å². The van der Waals surface area contributed by atoms with E-state index in [-0.39, 0.29) is 24.8 Å². The lowest BCUT2D eigenvalue weighted by molar-refractivity contribution is -0.137. The standard InChI is InChI=1S/C21H20F3N3O3/c1-14-10-26-27(12-14)17-6-2-15(3-7-17)20(29)25-11-18(28)13-30-19-8-4-16(5-9-19)21(22,23)24/h2-10,12,18,28H,11,13H2,1H3,(H,25,29). The fourth-order valence-corrected chi connectivity index (χ4v) is 2.62. The van der Waals surface area contributed by atoms with Gasteiger partial charge in [-0.25, -0.2) is 4.68 Å². The quantitative estimate of drug-likeness (QED) is 0.616. The highest BCUT2D eigenvalue weighted by Gasteiger charge is 2.30. The molecule has 1 unspecified atom stereocenters. The van der Waals surface area contributed by atoms with Crippen molar-refractivity contribution < 1.29 is 27.8 Å². The third-order valence-corrected chi connectivity index (χ3v) is 4.23. The number of hydrogen-bond acceptors (Lipinski definition) is 4. The van der Waals surface area contributed by atoms with Crippen molar-refractivity contribution in [3.05, 3.63) is 77.6 Å². The Bertz CT molecular complexity index is 983. The molecule has 0 saturated heterocycles. The number of carbonyl (C=O) groups is 1. The van der Waals surface area contributed by atoms with Crippen molar-refractivity contribution in [2.75, 3.05) is 13.2 Å². The Labute approximate surface area is 170 Å². The van der Waals surface area contributed by atoms with Crippen molar-refractivity contribution in [3.63, 3.8) is 0 Å². The monoisotopic (exact) mass is 419 g/mol. The van der Waals surface area contributed by atoms with Crippen molar-refractivity contribution in [2.24, 2.45) is 0 Å². The largest absolute Gasteiger partial charge is 0.491 e. The molecule has 158 valence electrons. The van der Waals surface area contributed by atoms with Gasteiger partial charge in [-0.2, -0.15) is 18.3 Å². The third kappa shape index (κ3) is 5.60. The second-order valence-electron chi connectivity index (χ2n) is 6.71. The van der Waals surface area contributed by atoms with Gasteiger partial charge in [0.25, 0.3) is 5.91 Å². The summed E-state index contributed by atoms with van der Waals surface area (Å²) in [5.74, 6) is -0.176. The molecule has 1 aromatic heterocycles. The molecule has 1 heterocycles. The first-order valence-corrected chi connectivity index (χ1v) is 9.10. The average Bonchev–Trinajstić information content (AvgIpc) is 3.16. The minimum absolute atomic E-state index is 0.0699. The van der Waals surface area contributed by atoms with Gasteiger partial charge in [0.1, 0.15) is 18.5 Å². The summed E-state index contributed by atoms with van der Waals surface area (Å²) in [7, 11) is 0. The van der Waals surface area contributed by atoms with E-state index in [2.05, 4.69) is 10.4 Å². The number of hydrogen-bond donors (Lipinski definition) is 2. The second kappa shape index (κ2) is 9.00. The maximum Gasteiger partial charge on any atom is 0.416 e. The molecule has 2 aromatic carbocycles. The number of rotatable bonds is 7. The molecule has 0 bridgehead atoms.